The molecular weight excluding hydrogens is 256 g/mol. The van der Waals surface area contributed by atoms with Crippen LogP contribution in [0, 0.1) is 12.8 Å². The first-order chi connectivity index (χ1) is 9.04. The van der Waals surface area contributed by atoms with E-state index in [2.05, 4.69) is 16.9 Å². The van der Waals surface area contributed by atoms with E-state index < -0.39 is 0 Å². The van der Waals surface area contributed by atoms with Gasteiger partial charge in [0, 0.05) is 20.1 Å². The van der Waals surface area contributed by atoms with Gasteiger partial charge in [-0.3, -0.25) is 4.68 Å². The quantitative estimate of drug-likeness (QED) is 0.860. The van der Waals surface area contributed by atoms with Gasteiger partial charge in [-0.2, -0.15) is 5.10 Å². The summed E-state index contributed by atoms with van der Waals surface area (Å²) in [5, 5.41) is 4.47. The van der Waals surface area contributed by atoms with Crippen LogP contribution in [-0.4, -0.2) is 27.9 Å². The van der Waals surface area contributed by atoms with Crippen molar-refractivity contribution in [3.63, 3.8) is 0 Å². The maximum absolute atomic E-state index is 5.86. The van der Waals surface area contributed by atoms with Crippen molar-refractivity contribution in [2.24, 2.45) is 18.7 Å². The van der Waals surface area contributed by atoms with Gasteiger partial charge in [0.1, 0.15) is 10.8 Å². The SMILES string of the molecule is CCCC1CCN(c2c(C(N)=S)c(C)nn2C)CC1. The van der Waals surface area contributed by atoms with Gasteiger partial charge in [-0.15, -0.1) is 0 Å². The summed E-state index contributed by atoms with van der Waals surface area (Å²) in [6.45, 7) is 6.40. The van der Waals surface area contributed by atoms with Crippen molar-refractivity contribution in [2.75, 3.05) is 18.0 Å². The normalized spacial score (nSPS) is 16.9. The molecular formula is C14H24N4S. The number of nitrogens with zero attached hydrogens (tertiary/aromatic N) is 3. The van der Waals surface area contributed by atoms with Crippen molar-refractivity contribution in [3.8, 4) is 0 Å². The van der Waals surface area contributed by atoms with Crippen LogP contribution in [-0.2, 0) is 7.05 Å². The van der Waals surface area contributed by atoms with Gasteiger partial charge in [0.25, 0.3) is 0 Å². The van der Waals surface area contributed by atoms with Crippen LogP contribution in [0.3, 0.4) is 0 Å². The highest BCUT2D eigenvalue weighted by Crippen LogP contribution is 2.29. The summed E-state index contributed by atoms with van der Waals surface area (Å²) in [5.74, 6) is 1.98. The third-order valence-corrected chi connectivity index (χ3v) is 4.25. The molecule has 1 aliphatic rings. The Balaban J connectivity index is 2.17. The van der Waals surface area contributed by atoms with E-state index >= 15 is 0 Å². The number of anilines is 1. The van der Waals surface area contributed by atoms with Crippen molar-refractivity contribution in [1.29, 1.82) is 0 Å². The molecule has 1 saturated heterocycles. The van der Waals surface area contributed by atoms with E-state index in [1.165, 1.54) is 25.7 Å². The van der Waals surface area contributed by atoms with E-state index in [-0.39, 0.29) is 0 Å². The first-order valence-electron chi connectivity index (χ1n) is 7.13. The number of thiocarbonyl (C=S) groups is 1. The molecule has 19 heavy (non-hydrogen) atoms. The molecule has 1 fully saturated rings. The first-order valence-corrected chi connectivity index (χ1v) is 7.53. The Labute approximate surface area is 121 Å². The highest BCUT2D eigenvalue weighted by atomic mass is 32.1. The van der Waals surface area contributed by atoms with Crippen molar-refractivity contribution in [2.45, 2.75) is 39.5 Å². The largest absolute Gasteiger partial charge is 0.389 e. The Morgan fingerprint density at radius 2 is 2.05 bits per heavy atom. The summed E-state index contributed by atoms with van der Waals surface area (Å²) in [5.41, 5.74) is 7.74. The van der Waals surface area contributed by atoms with Crippen LogP contribution in [0.4, 0.5) is 5.82 Å². The predicted octanol–water partition coefficient (Wildman–Crippen LogP) is 2.38. The Morgan fingerprint density at radius 3 is 2.58 bits per heavy atom. The minimum atomic E-state index is 0.455. The average molecular weight is 280 g/mol. The molecule has 2 N–H and O–H groups in total. The monoisotopic (exact) mass is 280 g/mol. The molecule has 1 aliphatic heterocycles. The van der Waals surface area contributed by atoms with Gasteiger partial charge in [0.05, 0.1) is 11.3 Å². The van der Waals surface area contributed by atoms with E-state index in [0.717, 1.165) is 36.1 Å². The molecule has 0 saturated carbocycles. The lowest BCUT2D eigenvalue weighted by atomic mass is 9.92. The zero-order valence-electron chi connectivity index (χ0n) is 12.1. The van der Waals surface area contributed by atoms with E-state index in [1.54, 1.807) is 0 Å². The number of nitrogens with two attached hydrogens (primary N) is 1. The summed E-state index contributed by atoms with van der Waals surface area (Å²) in [7, 11) is 1.97. The maximum Gasteiger partial charge on any atom is 0.137 e. The molecule has 2 rings (SSSR count). The lowest BCUT2D eigenvalue weighted by Gasteiger charge is -2.33. The molecule has 1 aromatic heterocycles. The van der Waals surface area contributed by atoms with Crippen molar-refractivity contribution in [1.82, 2.24) is 9.78 Å². The van der Waals surface area contributed by atoms with E-state index in [4.69, 9.17) is 18.0 Å². The Hall–Kier alpha value is -1.10. The Bertz CT molecular complexity index is 458. The van der Waals surface area contributed by atoms with Gasteiger partial charge in [0.15, 0.2) is 0 Å². The third kappa shape index (κ3) is 2.91. The van der Waals surface area contributed by atoms with E-state index in [0.29, 0.717) is 4.99 Å². The standard InChI is InChI=1S/C14H24N4S/c1-4-5-11-6-8-18(9-7-11)14-12(13(15)19)10(2)16-17(14)3/h11H,4-9H2,1-3H3,(H2,15,19). The topological polar surface area (TPSA) is 47.1 Å². The molecule has 4 nitrogen and oxygen atoms in total. The van der Waals surface area contributed by atoms with Gasteiger partial charge in [-0.1, -0.05) is 32.0 Å². The van der Waals surface area contributed by atoms with Gasteiger partial charge in [-0.05, 0) is 25.7 Å². The zero-order valence-corrected chi connectivity index (χ0v) is 13.0. The number of rotatable bonds is 4. The fourth-order valence-electron chi connectivity index (χ4n) is 3.14. The Morgan fingerprint density at radius 1 is 1.42 bits per heavy atom. The third-order valence-electron chi connectivity index (χ3n) is 4.05. The second-order valence-electron chi connectivity index (χ2n) is 5.49. The predicted molar refractivity (Wildman–Crippen MR) is 83.7 cm³/mol. The number of aryl methyl sites for hydroxylation is 2. The molecule has 0 spiro atoms. The zero-order chi connectivity index (χ0) is 14.0. The molecule has 2 heterocycles. The summed E-state index contributed by atoms with van der Waals surface area (Å²) in [6, 6.07) is 0. The van der Waals surface area contributed by atoms with E-state index in [9.17, 15) is 0 Å². The number of hydrogen-bond donors (Lipinski definition) is 1. The first kappa shape index (κ1) is 14.3. The molecule has 0 radical (unpaired) electrons. The minimum Gasteiger partial charge on any atom is -0.389 e. The fourth-order valence-corrected chi connectivity index (χ4v) is 3.38. The summed E-state index contributed by atoms with van der Waals surface area (Å²) in [4.78, 5) is 2.84. The van der Waals surface area contributed by atoms with Crippen molar-refractivity contribution < 1.29 is 0 Å². The summed E-state index contributed by atoms with van der Waals surface area (Å²) < 4.78 is 1.92. The van der Waals surface area contributed by atoms with Crippen LogP contribution >= 0.6 is 12.2 Å². The molecule has 1 aromatic rings. The van der Waals surface area contributed by atoms with Gasteiger partial charge in [-0.25, -0.2) is 0 Å². The van der Waals surface area contributed by atoms with Crippen molar-refractivity contribution in [3.05, 3.63) is 11.3 Å². The second-order valence-corrected chi connectivity index (χ2v) is 5.93. The minimum absolute atomic E-state index is 0.455. The molecule has 0 bridgehead atoms. The molecule has 0 aliphatic carbocycles. The van der Waals surface area contributed by atoms with E-state index in [1.807, 2.05) is 18.7 Å². The van der Waals surface area contributed by atoms with Crippen molar-refractivity contribution >= 4 is 23.0 Å². The average Bonchev–Trinajstić information content (AvgIpc) is 2.66. The van der Waals surface area contributed by atoms with Crippen LogP contribution < -0.4 is 10.6 Å². The van der Waals surface area contributed by atoms with Gasteiger partial charge >= 0.3 is 0 Å². The molecule has 0 amide bonds. The number of aromatic nitrogens is 2. The fraction of sp³-hybridized carbons (Fsp3) is 0.714. The van der Waals surface area contributed by atoms with Gasteiger partial charge in [0.2, 0.25) is 0 Å². The highest BCUT2D eigenvalue weighted by molar-refractivity contribution is 7.80. The molecule has 0 unspecified atom stereocenters. The highest BCUT2D eigenvalue weighted by Gasteiger charge is 2.25. The van der Waals surface area contributed by atoms with Crippen LogP contribution in [0.25, 0.3) is 0 Å². The lowest BCUT2D eigenvalue weighted by molar-refractivity contribution is 0.375. The molecule has 0 aromatic carbocycles. The van der Waals surface area contributed by atoms with Gasteiger partial charge < -0.3 is 10.6 Å². The van der Waals surface area contributed by atoms with Crippen LogP contribution in [0.1, 0.15) is 43.9 Å². The number of piperidine rings is 1. The summed E-state index contributed by atoms with van der Waals surface area (Å²) in [6.07, 6.45) is 5.15. The molecule has 5 heteroatoms. The summed E-state index contributed by atoms with van der Waals surface area (Å²) >= 11 is 5.18. The second kappa shape index (κ2) is 5.90. The maximum atomic E-state index is 5.86. The number of hydrogen-bond acceptors (Lipinski definition) is 3. The molecule has 0 atom stereocenters. The Kier molecular flexibility index (Phi) is 4.45. The lowest BCUT2D eigenvalue weighted by Crippen LogP contribution is -2.36. The van der Waals surface area contributed by atoms with Crippen LogP contribution in [0.2, 0.25) is 0 Å². The smallest absolute Gasteiger partial charge is 0.137 e. The molecule has 106 valence electrons. The van der Waals surface area contributed by atoms with Crippen LogP contribution in [0.15, 0.2) is 0 Å². The van der Waals surface area contributed by atoms with Crippen LogP contribution in [0.5, 0.6) is 0 Å².